The Balaban J connectivity index is 1.70. The normalized spacial score (nSPS) is 16.2. The first-order valence-electron chi connectivity index (χ1n) is 6.73. The van der Waals surface area contributed by atoms with Gasteiger partial charge in [0.05, 0.1) is 0 Å². The van der Waals surface area contributed by atoms with Gasteiger partial charge in [0.2, 0.25) is 0 Å². The van der Waals surface area contributed by atoms with E-state index in [1.807, 2.05) is 0 Å². The zero-order valence-corrected chi connectivity index (χ0v) is 12.5. The van der Waals surface area contributed by atoms with E-state index in [0.29, 0.717) is 4.47 Å². The van der Waals surface area contributed by atoms with Gasteiger partial charge in [-0.1, -0.05) is 15.9 Å². The van der Waals surface area contributed by atoms with Crippen LogP contribution in [0, 0.1) is 11.6 Å². The number of nitrogens with zero attached hydrogens (tertiary/aromatic N) is 1. The molecule has 1 fully saturated rings. The Hall–Kier alpha value is -0.520. The third kappa shape index (κ3) is 4.51. The zero-order chi connectivity index (χ0) is 13.7. The molecule has 19 heavy (non-hydrogen) atoms. The Morgan fingerprint density at radius 2 is 1.79 bits per heavy atom. The smallest absolute Gasteiger partial charge is 0.131 e. The fourth-order valence-electron chi connectivity index (χ4n) is 2.39. The van der Waals surface area contributed by atoms with E-state index in [-0.39, 0.29) is 12.1 Å². The first-order valence-corrected chi connectivity index (χ1v) is 7.52. The number of hydrogen-bond donors (Lipinski definition) is 1. The van der Waals surface area contributed by atoms with E-state index in [1.165, 1.54) is 38.1 Å². The molecule has 106 valence electrons. The second-order valence-corrected chi connectivity index (χ2v) is 5.84. The molecular formula is C14H19BrF2N2. The molecule has 0 spiro atoms. The van der Waals surface area contributed by atoms with Crippen molar-refractivity contribution in [3.05, 3.63) is 33.8 Å². The van der Waals surface area contributed by atoms with Crippen LogP contribution in [0.5, 0.6) is 0 Å². The number of hydrogen-bond acceptors (Lipinski definition) is 2. The van der Waals surface area contributed by atoms with Crippen molar-refractivity contribution >= 4 is 15.9 Å². The summed E-state index contributed by atoms with van der Waals surface area (Å²) in [6, 6.07) is 2.59. The van der Waals surface area contributed by atoms with Crippen molar-refractivity contribution in [1.82, 2.24) is 10.2 Å². The van der Waals surface area contributed by atoms with Gasteiger partial charge in [0.1, 0.15) is 11.6 Å². The van der Waals surface area contributed by atoms with Gasteiger partial charge in [-0.2, -0.15) is 0 Å². The second-order valence-electron chi connectivity index (χ2n) is 4.93. The average molecular weight is 333 g/mol. The van der Waals surface area contributed by atoms with Crippen molar-refractivity contribution in [2.75, 3.05) is 26.2 Å². The van der Waals surface area contributed by atoms with Gasteiger partial charge in [-0.3, -0.25) is 0 Å². The second kappa shape index (κ2) is 7.31. The van der Waals surface area contributed by atoms with Crippen LogP contribution in [0.4, 0.5) is 8.78 Å². The molecule has 0 radical (unpaired) electrons. The average Bonchev–Trinajstić information content (AvgIpc) is 2.84. The van der Waals surface area contributed by atoms with Crippen molar-refractivity contribution in [2.24, 2.45) is 0 Å². The maximum absolute atomic E-state index is 13.5. The molecular weight excluding hydrogens is 314 g/mol. The number of rotatable bonds is 6. The lowest BCUT2D eigenvalue weighted by molar-refractivity contribution is 0.330. The van der Waals surface area contributed by atoms with E-state index in [4.69, 9.17) is 0 Å². The van der Waals surface area contributed by atoms with Gasteiger partial charge in [0.25, 0.3) is 0 Å². The maximum Gasteiger partial charge on any atom is 0.131 e. The van der Waals surface area contributed by atoms with Crippen LogP contribution in [0.1, 0.15) is 24.8 Å². The number of benzene rings is 1. The molecule has 0 bridgehead atoms. The highest BCUT2D eigenvalue weighted by molar-refractivity contribution is 9.10. The summed E-state index contributed by atoms with van der Waals surface area (Å²) in [7, 11) is 0. The van der Waals surface area contributed by atoms with E-state index in [0.717, 1.165) is 19.5 Å². The summed E-state index contributed by atoms with van der Waals surface area (Å²) in [5.74, 6) is -1.00. The van der Waals surface area contributed by atoms with Crippen molar-refractivity contribution in [3.8, 4) is 0 Å². The first-order chi connectivity index (χ1) is 9.16. The molecule has 0 aromatic heterocycles. The number of likely N-dealkylation sites (tertiary alicyclic amines) is 1. The van der Waals surface area contributed by atoms with Crippen LogP contribution in [-0.2, 0) is 6.54 Å². The lowest BCUT2D eigenvalue weighted by Gasteiger charge is -2.14. The van der Waals surface area contributed by atoms with E-state index in [1.54, 1.807) is 0 Å². The third-order valence-corrected chi connectivity index (χ3v) is 3.89. The monoisotopic (exact) mass is 332 g/mol. The molecule has 0 aliphatic carbocycles. The Morgan fingerprint density at radius 1 is 1.16 bits per heavy atom. The van der Waals surface area contributed by atoms with Gasteiger partial charge < -0.3 is 10.2 Å². The molecule has 1 aliphatic heterocycles. The molecule has 1 aliphatic rings. The lowest BCUT2D eigenvalue weighted by Crippen LogP contribution is -2.25. The third-order valence-electron chi connectivity index (χ3n) is 3.43. The minimum atomic E-state index is -0.501. The van der Waals surface area contributed by atoms with Gasteiger partial charge >= 0.3 is 0 Å². The van der Waals surface area contributed by atoms with Crippen LogP contribution in [0.2, 0.25) is 0 Å². The predicted molar refractivity (Wildman–Crippen MR) is 76.1 cm³/mol. The molecule has 1 aromatic rings. The van der Waals surface area contributed by atoms with Crippen LogP contribution in [0.15, 0.2) is 16.6 Å². The van der Waals surface area contributed by atoms with Crippen molar-refractivity contribution < 1.29 is 8.78 Å². The summed E-state index contributed by atoms with van der Waals surface area (Å²) in [5.41, 5.74) is 0.115. The van der Waals surface area contributed by atoms with E-state index >= 15 is 0 Å². The molecule has 1 saturated heterocycles. The largest absolute Gasteiger partial charge is 0.312 e. The Kier molecular flexibility index (Phi) is 5.73. The Bertz CT molecular complexity index is 397. The highest BCUT2D eigenvalue weighted by atomic mass is 79.9. The molecule has 0 atom stereocenters. The molecule has 0 amide bonds. The summed E-state index contributed by atoms with van der Waals surface area (Å²) < 4.78 is 27.5. The van der Waals surface area contributed by atoms with Crippen molar-refractivity contribution in [1.29, 1.82) is 0 Å². The fourth-order valence-corrected chi connectivity index (χ4v) is 2.79. The van der Waals surface area contributed by atoms with E-state index < -0.39 is 11.6 Å². The van der Waals surface area contributed by atoms with Crippen LogP contribution < -0.4 is 5.32 Å². The minimum absolute atomic E-state index is 0.115. The quantitative estimate of drug-likeness (QED) is 0.804. The van der Waals surface area contributed by atoms with Gasteiger partial charge in [0, 0.05) is 16.6 Å². The van der Waals surface area contributed by atoms with Crippen molar-refractivity contribution in [2.45, 2.75) is 25.8 Å². The number of halogens is 3. The Morgan fingerprint density at radius 3 is 2.42 bits per heavy atom. The lowest BCUT2D eigenvalue weighted by atomic mass is 10.2. The Labute approximate surface area is 121 Å². The summed E-state index contributed by atoms with van der Waals surface area (Å²) in [4.78, 5) is 2.43. The zero-order valence-electron chi connectivity index (χ0n) is 10.9. The van der Waals surface area contributed by atoms with E-state index in [2.05, 4.69) is 26.1 Å². The molecule has 2 rings (SSSR count). The maximum atomic E-state index is 13.5. The summed E-state index contributed by atoms with van der Waals surface area (Å²) in [6.45, 7) is 4.47. The molecule has 5 heteroatoms. The SMILES string of the molecule is Fc1cc(Br)cc(F)c1CNCCCN1CCCC1. The highest BCUT2D eigenvalue weighted by Crippen LogP contribution is 2.19. The van der Waals surface area contributed by atoms with E-state index in [9.17, 15) is 8.78 Å². The minimum Gasteiger partial charge on any atom is -0.312 e. The van der Waals surface area contributed by atoms with Crippen LogP contribution in [0.3, 0.4) is 0 Å². The topological polar surface area (TPSA) is 15.3 Å². The first kappa shape index (κ1) is 14.9. The molecule has 1 heterocycles. The van der Waals surface area contributed by atoms with Crippen LogP contribution >= 0.6 is 15.9 Å². The highest BCUT2D eigenvalue weighted by Gasteiger charge is 2.11. The molecule has 1 N–H and O–H groups in total. The predicted octanol–water partition coefficient (Wildman–Crippen LogP) is 3.30. The van der Waals surface area contributed by atoms with Crippen LogP contribution in [-0.4, -0.2) is 31.1 Å². The van der Waals surface area contributed by atoms with Gasteiger partial charge in [-0.05, 0) is 57.6 Å². The standard InChI is InChI=1S/C14H19BrF2N2/c15-11-8-13(16)12(14(17)9-11)10-18-4-3-7-19-5-1-2-6-19/h8-9,18H,1-7,10H2. The fraction of sp³-hybridized carbons (Fsp3) is 0.571. The van der Waals surface area contributed by atoms with Gasteiger partial charge in [-0.15, -0.1) is 0 Å². The summed E-state index contributed by atoms with van der Waals surface area (Å²) >= 11 is 3.07. The van der Waals surface area contributed by atoms with Crippen molar-refractivity contribution in [3.63, 3.8) is 0 Å². The van der Waals surface area contributed by atoms with Crippen LogP contribution in [0.25, 0.3) is 0 Å². The molecule has 2 nitrogen and oxygen atoms in total. The summed E-state index contributed by atoms with van der Waals surface area (Å²) in [5, 5.41) is 3.10. The molecule has 0 saturated carbocycles. The van der Waals surface area contributed by atoms with Gasteiger partial charge in [0.15, 0.2) is 0 Å². The number of nitrogens with one attached hydrogen (secondary N) is 1. The van der Waals surface area contributed by atoms with Gasteiger partial charge in [-0.25, -0.2) is 8.78 Å². The molecule has 0 unspecified atom stereocenters. The molecule has 1 aromatic carbocycles. The summed E-state index contributed by atoms with van der Waals surface area (Å²) in [6.07, 6.45) is 3.60.